The van der Waals surface area contributed by atoms with Gasteiger partial charge in [-0.2, -0.15) is 0 Å². The molecule has 0 N–H and O–H groups in total. The van der Waals surface area contributed by atoms with Crippen LogP contribution in [0.3, 0.4) is 0 Å². The number of cyclic esters (lactones) is 1. The van der Waals surface area contributed by atoms with Crippen LogP contribution >= 0.6 is 0 Å². The summed E-state index contributed by atoms with van der Waals surface area (Å²) < 4.78 is 5.21. The highest BCUT2D eigenvalue weighted by atomic mass is 16.5. The van der Waals surface area contributed by atoms with E-state index in [1.54, 1.807) is 6.08 Å². The summed E-state index contributed by atoms with van der Waals surface area (Å²) in [6.07, 6.45) is 5.54. The predicted molar refractivity (Wildman–Crippen MR) is 47.7 cm³/mol. The highest BCUT2D eigenvalue weighted by molar-refractivity contribution is 5.72. The zero-order valence-electron chi connectivity index (χ0n) is 7.58. The number of carbonyl (C=O) groups is 1. The first kappa shape index (κ1) is 9.30. The van der Waals surface area contributed by atoms with E-state index in [9.17, 15) is 4.79 Å². The molecule has 1 heterocycles. The lowest BCUT2D eigenvalue weighted by molar-refractivity contribution is -0.150. The van der Waals surface area contributed by atoms with Gasteiger partial charge in [-0.05, 0) is 25.7 Å². The fourth-order valence-electron chi connectivity index (χ4n) is 1.52. The fraction of sp³-hybridized carbons (Fsp3) is 0.700. The van der Waals surface area contributed by atoms with Crippen LogP contribution in [0.15, 0.2) is 12.7 Å². The SMILES string of the molecule is C=CC1CCCC(CC)C(=O)O1. The van der Waals surface area contributed by atoms with Crippen LogP contribution in [0.25, 0.3) is 0 Å². The lowest BCUT2D eigenvalue weighted by atomic mass is 10.0. The van der Waals surface area contributed by atoms with E-state index in [0.717, 1.165) is 25.7 Å². The Morgan fingerprint density at radius 2 is 2.42 bits per heavy atom. The summed E-state index contributed by atoms with van der Waals surface area (Å²) in [6.45, 7) is 5.66. The summed E-state index contributed by atoms with van der Waals surface area (Å²) in [4.78, 5) is 11.3. The van der Waals surface area contributed by atoms with Crippen LogP contribution < -0.4 is 0 Å². The number of ether oxygens (including phenoxy) is 1. The van der Waals surface area contributed by atoms with Crippen molar-refractivity contribution in [2.24, 2.45) is 5.92 Å². The monoisotopic (exact) mass is 168 g/mol. The first-order valence-corrected chi connectivity index (χ1v) is 4.61. The Morgan fingerprint density at radius 3 is 3.00 bits per heavy atom. The average molecular weight is 168 g/mol. The molecule has 1 aliphatic heterocycles. The van der Waals surface area contributed by atoms with E-state index < -0.39 is 0 Å². The van der Waals surface area contributed by atoms with E-state index in [1.165, 1.54) is 0 Å². The molecule has 2 unspecified atom stereocenters. The molecule has 1 saturated heterocycles. The molecule has 12 heavy (non-hydrogen) atoms. The second-order valence-electron chi connectivity index (χ2n) is 3.25. The smallest absolute Gasteiger partial charge is 0.309 e. The summed E-state index contributed by atoms with van der Waals surface area (Å²) in [7, 11) is 0. The number of hydrogen-bond acceptors (Lipinski definition) is 2. The molecule has 0 aromatic carbocycles. The third-order valence-electron chi connectivity index (χ3n) is 2.40. The largest absolute Gasteiger partial charge is 0.458 e. The summed E-state index contributed by atoms with van der Waals surface area (Å²) in [5.74, 6) is 0.0786. The van der Waals surface area contributed by atoms with Crippen molar-refractivity contribution in [1.82, 2.24) is 0 Å². The van der Waals surface area contributed by atoms with Gasteiger partial charge in [0.1, 0.15) is 6.10 Å². The van der Waals surface area contributed by atoms with Gasteiger partial charge in [0, 0.05) is 0 Å². The Morgan fingerprint density at radius 1 is 1.67 bits per heavy atom. The van der Waals surface area contributed by atoms with Crippen LogP contribution in [0.5, 0.6) is 0 Å². The standard InChI is InChI=1S/C10H16O2/c1-3-8-6-5-7-9(4-2)12-10(8)11/h4,8-9H,2-3,5-7H2,1H3. The van der Waals surface area contributed by atoms with Gasteiger partial charge in [0.25, 0.3) is 0 Å². The first-order chi connectivity index (χ1) is 5.77. The molecule has 2 nitrogen and oxygen atoms in total. The van der Waals surface area contributed by atoms with Crippen molar-refractivity contribution < 1.29 is 9.53 Å². The van der Waals surface area contributed by atoms with Gasteiger partial charge in [0.2, 0.25) is 0 Å². The van der Waals surface area contributed by atoms with Crippen LogP contribution in [0.4, 0.5) is 0 Å². The molecule has 0 aromatic heterocycles. The summed E-state index contributed by atoms with van der Waals surface area (Å²) in [5.41, 5.74) is 0. The lowest BCUT2D eigenvalue weighted by Gasteiger charge is -2.11. The zero-order chi connectivity index (χ0) is 8.97. The van der Waals surface area contributed by atoms with Crippen LogP contribution in [0.2, 0.25) is 0 Å². The molecule has 0 saturated carbocycles. The Labute approximate surface area is 73.6 Å². The van der Waals surface area contributed by atoms with Crippen molar-refractivity contribution in [3.8, 4) is 0 Å². The van der Waals surface area contributed by atoms with E-state index in [-0.39, 0.29) is 18.0 Å². The molecular weight excluding hydrogens is 152 g/mol. The van der Waals surface area contributed by atoms with Gasteiger partial charge >= 0.3 is 5.97 Å². The molecule has 0 aromatic rings. The fourth-order valence-corrected chi connectivity index (χ4v) is 1.52. The second-order valence-corrected chi connectivity index (χ2v) is 3.25. The van der Waals surface area contributed by atoms with Crippen molar-refractivity contribution >= 4 is 5.97 Å². The van der Waals surface area contributed by atoms with Crippen molar-refractivity contribution in [1.29, 1.82) is 0 Å². The van der Waals surface area contributed by atoms with Crippen molar-refractivity contribution in [2.75, 3.05) is 0 Å². The Hall–Kier alpha value is -0.790. The van der Waals surface area contributed by atoms with Gasteiger partial charge in [0.05, 0.1) is 5.92 Å². The normalized spacial score (nSPS) is 30.6. The number of carbonyl (C=O) groups excluding carboxylic acids is 1. The van der Waals surface area contributed by atoms with Gasteiger partial charge in [0.15, 0.2) is 0 Å². The summed E-state index contributed by atoms with van der Waals surface area (Å²) in [6, 6.07) is 0. The minimum absolute atomic E-state index is 0.0418. The van der Waals surface area contributed by atoms with E-state index in [1.807, 2.05) is 6.92 Å². The van der Waals surface area contributed by atoms with Crippen LogP contribution in [-0.4, -0.2) is 12.1 Å². The van der Waals surface area contributed by atoms with Crippen LogP contribution in [-0.2, 0) is 9.53 Å². The Kier molecular flexibility index (Phi) is 3.32. The Bertz CT molecular complexity index is 175. The molecule has 0 aliphatic carbocycles. The third kappa shape index (κ3) is 2.10. The Balaban J connectivity index is 2.55. The second kappa shape index (κ2) is 4.29. The van der Waals surface area contributed by atoms with Crippen molar-refractivity contribution in [3.05, 3.63) is 12.7 Å². The maximum absolute atomic E-state index is 11.3. The van der Waals surface area contributed by atoms with E-state index >= 15 is 0 Å². The number of esters is 1. The maximum Gasteiger partial charge on any atom is 0.309 e. The molecule has 1 aliphatic rings. The molecule has 0 bridgehead atoms. The topological polar surface area (TPSA) is 26.3 Å². The molecular formula is C10H16O2. The van der Waals surface area contributed by atoms with E-state index in [4.69, 9.17) is 4.74 Å². The first-order valence-electron chi connectivity index (χ1n) is 4.61. The van der Waals surface area contributed by atoms with Crippen LogP contribution in [0.1, 0.15) is 32.6 Å². The minimum atomic E-state index is -0.0472. The number of hydrogen-bond donors (Lipinski definition) is 0. The van der Waals surface area contributed by atoms with Crippen molar-refractivity contribution in [3.63, 3.8) is 0 Å². The maximum atomic E-state index is 11.3. The summed E-state index contributed by atoms with van der Waals surface area (Å²) in [5, 5.41) is 0. The minimum Gasteiger partial charge on any atom is -0.458 e. The molecule has 0 spiro atoms. The van der Waals surface area contributed by atoms with Gasteiger partial charge < -0.3 is 4.74 Å². The van der Waals surface area contributed by atoms with Gasteiger partial charge in [-0.15, -0.1) is 0 Å². The average Bonchev–Trinajstić information content (AvgIpc) is 2.26. The molecule has 2 atom stereocenters. The quantitative estimate of drug-likeness (QED) is 0.467. The molecule has 1 rings (SSSR count). The molecule has 0 radical (unpaired) electrons. The molecule has 0 amide bonds. The number of rotatable bonds is 2. The lowest BCUT2D eigenvalue weighted by Crippen LogP contribution is -2.18. The highest BCUT2D eigenvalue weighted by Gasteiger charge is 2.24. The van der Waals surface area contributed by atoms with Crippen LogP contribution in [0, 0.1) is 5.92 Å². The summed E-state index contributed by atoms with van der Waals surface area (Å²) >= 11 is 0. The van der Waals surface area contributed by atoms with Gasteiger partial charge in [-0.25, -0.2) is 0 Å². The van der Waals surface area contributed by atoms with Gasteiger partial charge in [-0.1, -0.05) is 19.6 Å². The van der Waals surface area contributed by atoms with E-state index in [0.29, 0.717) is 0 Å². The predicted octanol–water partition coefficient (Wildman–Crippen LogP) is 2.29. The molecule has 1 fully saturated rings. The molecule has 68 valence electrons. The van der Waals surface area contributed by atoms with Crippen molar-refractivity contribution in [2.45, 2.75) is 38.7 Å². The molecule has 2 heteroatoms. The van der Waals surface area contributed by atoms with Gasteiger partial charge in [-0.3, -0.25) is 4.79 Å². The zero-order valence-corrected chi connectivity index (χ0v) is 7.58. The van der Waals surface area contributed by atoms with E-state index in [2.05, 4.69) is 6.58 Å². The highest BCUT2D eigenvalue weighted by Crippen LogP contribution is 2.22. The third-order valence-corrected chi connectivity index (χ3v) is 2.40.